The molecule has 10 heavy (non-hydrogen) atoms. The molecule has 64 valence electrons. The van der Waals surface area contributed by atoms with Gasteiger partial charge in [0.15, 0.2) is 5.11 Å². The van der Waals surface area contributed by atoms with Crippen LogP contribution in [0.4, 0.5) is 0 Å². The molecule has 0 radical (unpaired) electrons. The average Bonchev–Trinajstić information content (AvgIpc) is 1.69. The van der Waals surface area contributed by atoms with Gasteiger partial charge in [0.2, 0.25) is 0 Å². The zero-order chi connectivity index (χ0) is 6.57. The summed E-state index contributed by atoms with van der Waals surface area (Å²) in [6, 6.07) is 0. The van der Waals surface area contributed by atoms with Crippen LogP contribution < -0.4 is 18.0 Å². The number of nitrogens with zero attached hydrogens (tertiary/aromatic N) is 1. The van der Waals surface area contributed by atoms with Crippen molar-refractivity contribution in [1.82, 2.24) is 17.2 Å². The van der Waals surface area contributed by atoms with E-state index in [1.54, 1.807) is 0 Å². The van der Waals surface area contributed by atoms with Crippen LogP contribution in [-0.2, 0) is 0 Å². The molecule has 0 unspecified atom stereocenters. The first-order chi connectivity index (χ1) is 3.72. The molecule has 0 aliphatic heterocycles. The van der Waals surface area contributed by atoms with Gasteiger partial charge in [0.05, 0.1) is 0 Å². The fourth-order valence-corrected chi connectivity index (χ4v) is 0.793. The van der Waals surface area contributed by atoms with Gasteiger partial charge >= 0.3 is 0 Å². The van der Waals surface area contributed by atoms with Crippen LogP contribution in [0.3, 0.4) is 0 Å². The molecule has 4 nitrogen and oxygen atoms in total. The van der Waals surface area contributed by atoms with Crippen molar-refractivity contribution in [3.05, 3.63) is 0 Å². The first kappa shape index (κ1) is 16.3. The lowest BCUT2D eigenvalue weighted by atomic mass is 10.6. The molecule has 5 heteroatoms. The van der Waals surface area contributed by atoms with Gasteiger partial charge in [-0.05, 0) is 26.1 Å². The van der Waals surface area contributed by atoms with Crippen LogP contribution >= 0.6 is 12.2 Å². The van der Waals surface area contributed by atoms with Crippen LogP contribution in [0.25, 0.3) is 0 Å². The third-order valence-electron chi connectivity index (χ3n) is 1.08. The molecule has 0 fully saturated rings. The normalized spacial score (nSPS) is 7.00. The molecule has 0 atom stereocenters. The highest BCUT2D eigenvalue weighted by Gasteiger charge is 1.95. The third kappa shape index (κ3) is 5.74. The average molecular weight is 166 g/mol. The van der Waals surface area contributed by atoms with Crippen molar-refractivity contribution >= 4 is 17.3 Å². The van der Waals surface area contributed by atoms with Gasteiger partial charge in [-0.1, -0.05) is 0 Å². The Morgan fingerprint density at radius 1 is 1.30 bits per heavy atom. The number of rotatable bonds is 2. The molecule has 0 aromatic heterocycles. The molecule has 0 heterocycles. The van der Waals surface area contributed by atoms with Crippen LogP contribution in [0.5, 0.6) is 0 Å². The zero-order valence-electron chi connectivity index (χ0n) is 6.76. The Hall–Kier alpha value is -0.390. The summed E-state index contributed by atoms with van der Waals surface area (Å²) < 4.78 is 0. The van der Waals surface area contributed by atoms with E-state index in [1.807, 2.05) is 18.7 Å². The summed E-state index contributed by atoms with van der Waals surface area (Å²) in [5, 5.41) is 0.495. The lowest BCUT2D eigenvalue weighted by Gasteiger charge is -2.17. The van der Waals surface area contributed by atoms with Crippen LogP contribution in [-0.4, -0.2) is 23.1 Å². The molecular weight excluding hydrogens is 148 g/mol. The maximum Gasteiger partial charge on any atom is 0.166 e. The molecule has 0 rings (SSSR count). The highest BCUT2D eigenvalue weighted by Crippen LogP contribution is 1.83. The van der Waals surface area contributed by atoms with Gasteiger partial charge in [0.1, 0.15) is 0 Å². The largest absolute Gasteiger partial charge is 0.376 e. The zero-order valence-corrected chi connectivity index (χ0v) is 7.58. The molecule has 0 spiro atoms. The number of thiocarbonyl (C=S) groups is 1. The summed E-state index contributed by atoms with van der Waals surface area (Å²) in [5.74, 6) is 0. The minimum absolute atomic E-state index is 0. The molecule has 0 saturated heterocycles. The maximum absolute atomic E-state index is 5.32. The molecule has 0 aliphatic carbocycles. The van der Waals surface area contributed by atoms with Crippen LogP contribution in [0.15, 0.2) is 0 Å². The molecule has 0 aromatic rings. The maximum atomic E-state index is 5.32. The van der Waals surface area contributed by atoms with E-state index in [-0.39, 0.29) is 12.3 Å². The second kappa shape index (κ2) is 8.61. The van der Waals surface area contributed by atoms with Gasteiger partial charge in [0.25, 0.3) is 0 Å². The molecule has 0 saturated carbocycles. The predicted octanol–water partition coefficient (Wildman–Crippen LogP) is 0.896. The fraction of sp³-hybridized carbons (Fsp3) is 0.800. The first-order valence-corrected chi connectivity index (χ1v) is 3.17. The SMILES string of the molecule is CCN(CC)C(N)=S.N.N. The Kier molecular flexibility index (Phi) is 14.0. The smallest absolute Gasteiger partial charge is 0.166 e. The van der Waals surface area contributed by atoms with Crippen molar-refractivity contribution in [2.45, 2.75) is 13.8 Å². The van der Waals surface area contributed by atoms with E-state index in [2.05, 4.69) is 0 Å². The van der Waals surface area contributed by atoms with E-state index in [0.29, 0.717) is 5.11 Å². The molecular formula is C5H18N4S. The minimum Gasteiger partial charge on any atom is -0.376 e. The fourth-order valence-electron chi connectivity index (χ4n) is 0.535. The van der Waals surface area contributed by atoms with E-state index >= 15 is 0 Å². The van der Waals surface area contributed by atoms with E-state index in [0.717, 1.165) is 13.1 Å². The van der Waals surface area contributed by atoms with E-state index in [4.69, 9.17) is 18.0 Å². The highest BCUT2D eigenvalue weighted by molar-refractivity contribution is 7.80. The molecule has 0 aromatic carbocycles. The second-order valence-electron chi connectivity index (χ2n) is 1.51. The van der Waals surface area contributed by atoms with Gasteiger partial charge in [-0.3, -0.25) is 0 Å². The molecule has 0 aliphatic rings. The van der Waals surface area contributed by atoms with Gasteiger partial charge in [-0.25, -0.2) is 0 Å². The Morgan fingerprint density at radius 2 is 1.60 bits per heavy atom. The first-order valence-electron chi connectivity index (χ1n) is 2.76. The number of hydrogen-bond acceptors (Lipinski definition) is 3. The van der Waals surface area contributed by atoms with Crippen molar-refractivity contribution < 1.29 is 0 Å². The standard InChI is InChI=1S/C5H12N2S.2H3N/c1-3-7(4-2)5(6)8;;/h3-4H2,1-2H3,(H2,6,8);2*1H3. The number of nitrogens with two attached hydrogens (primary N) is 1. The summed E-state index contributed by atoms with van der Waals surface area (Å²) in [7, 11) is 0. The van der Waals surface area contributed by atoms with Gasteiger partial charge in [-0.15, -0.1) is 0 Å². The lowest BCUT2D eigenvalue weighted by Crippen LogP contribution is -2.34. The van der Waals surface area contributed by atoms with Crippen molar-refractivity contribution in [1.29, 1.82) is 0 Å². The Labute approximate surface area is 67.9 Å². The van der Waals surface area contributed by atoms with Crippen LogP contribution in [0.1, 0.15) is 13.8 Å². The van der Waals surface area contributed by atoms with Gasteiger partial charge in [0, 0.05) is 13.1 Å². The summed E-state index contributed by atoms with van der Waals surface area (Å²) in [6.07, 6.45) is 0. The molecule has 0 bridgehead atoms. The van der Waals surface area contributed by atoms with Crippen molar-refractivity contribution in [2.75, 3.05) is 13.1 Å². The molecule has 0 amide bonds. The quantitative estimate of drug-likeness (QED) is 0.529. The van der Waals surface area contributed by atoms with Crippen LogP contribution in [0.2, 0.25) is 0 Å². The summed E-state index contributed by atoms with van der Waals surface area (Å²) in [5.41, 5.74) is 5.32. The monoisotopic (exact) mass is 166 g/mol. The van der Waals surface area contributed by atoms with Crippen molar-refractivity contribution in [3.8, 4) is 0 Å². The summed E-state index contributed by atoms with van der Waals surface area (Å²) in [6.45, 7) is 5.88. The Morgan fingerprint density at radius 3 is 1.60 bits per heavy atom. The highest BCUT2D eigenvalue weighted by atomic mass is 32.1. The second-order valence-corrected chi connectivity index (χ2v) is 1.93. The van der Waals surface area contributed by atoms with E-state index in [9.17, 15) is 0 Å². The Balaban J connectivity index is -0.000000245. The number of hydrogen-bond donors (Lipinski definition) is 3. The topological polar surface area (TPSA) is 99.3 Å². The predicted molar refractivity (Wildman–Crippen MR) is 49.8 cm³/mol. The lowest BCUT2D eigenvalue weighted by molar-refractivity contribution is 0.469. The molecule has 8 N–H and O–H groups in total. The van der Waals surface area contributed by atoms with Crippen molar-refractivity contribution in [3.63, 3.8) is 0 Å². The van der Waals surface area contributed by atoms with Gasteiger partial charge < -0.3 is 22.9 Å². The van der Waals surface area contributed by atoms with Crippen LogP contribution in [0, 0.1) is 0 Å². The summed E-state index contributed by atoms with van der Waals surface area (Å²) in [4.78, 5) is 1.93. The van der Waals surface area contributed by atoms with Crippen molar-refractivity contribution in [2.24, 2.45) is 5.73 Å². The minimum atomic E-state index is 0. The van der Waals surface area contributed by atoms with Gasteiger partial charge in [-0.2, -0.15) is 0 Å². The van der Waals surface area contributed by atoms with E-state index in [1.165, 1.54) is 0 Å². The third-order valence-corrected chi connectivity index (χ3v) is 1.33. The summed E-state index contributed by atoms with van der Waals surface area (Å²) >= 11 is 4.72. The van der Waals surface area contributed by atoms with E-state index < -0.39 is 0 Å². The Bertz CT molecular complexity index is 81.7.